The van der Waals surface area contributed by atoms with Crippen LogP contribution in [0.3, 0.4) is 0 Å². The first-order valence-corrected chi connectivity index (χ1v) is 11.5. The predicted octanol–water partition coefficient (Wildman–Crippen LogP) is 4.10. The second-order valence-corrected chi connectivity index (χ2v) is 9.00. The van der Waals surface area contributed by atoms with Crippen molar-refractivity contribution in [2.45, 2.75) is 24.8 Å². The number of halogens is 1. The minimum Gasteiger partial charge on any atom is -0.483 e. The number of aryl methyl sites for hydroxylation is 1. The van der Waals surface area contributed by atoms with Gasteiger partial charge in [0.05, 0.1) is 22.2 Å². The highest BCUT2D eigenvalue weighted by Gasteiger charge is 2.15. The summed E-state index contributed by atoms with van der Waals surface area (Å²) >= 11 is 3.43. The molecule has 0 aliphatic heterocycles. The summed E-state index contributed by atoms with van der Waals surface area (Å²) in [7, 11) is -3.69. The van der Waals surface area contributed by atoms with Crippen LogP contribution >= 0.6 is 15.9 Å². The van der Waals surface area contributed by atoms with Gasteiger partial charge in [-0.05, 0) is 76.4 Å². The minimum absolute atomic E-state index is 0.0555. The van der Waals surface area contributed by atoms with E-state index in [1.54, 1.807) is 12.1 Å². The molecule has 0 atom stereocenters. The third-order valence-corrected chi connectivity index (χ3v) is 6.27. The Morgan fingerprint density at radius 1 is 1.13 bits per heavy atom. The molecule has 158 valence electrons. The molecule has 30 heavy (non-hydrogen) atoms. The molecule has 0 spiro atoms. The van der Waals surface area contributed by atoms with E-state index in [1.807, 2.05) is 18.2 Å². The highest BCUT2D eigenvalue weighted by molar-refractivity contribution is 9.10. The Morgan fingerprint density at radius 2 is 1.90 bits per heavy atom. The highest BCUT2D eigenvalue weighted by atomic mass is 79.9. The average molecular weight is 493 g/mol. The number of anilines is 1. The number of benzene rings is 2. The number of furan rings is 1. The molecule has 7 nitrogen and oxygen atoms in total. The van der Waals surface area contributed by atoms with Crippen LogP contribution in [0.4, 0.5) is 5.69 Å². The first kappa shape index (κ1) is 22.1. The van der Waals surface area contributed by atoms with Gasteiger partial charge in [0.1, 0.15) is 11.5 Å². The molecule has 0 bridgehead atoms. The van der Waals surface area contributed by atoms with Crippen LogP contribution < -0.4 is 14.8 Å². The molecule has 0 saturated carbocycles. The summed E-state index contributed by atoms with van der Waals surface area (Å²) in [6, 6.07) is 14.9. The van der Waals surface area contributed by atoms with E-state index in [2.05, 4.69) is 32.9 Å². The third-order valence-electron chi connectivity index (χ3n) is 4.23. The van der Waals surface area contributed by atoms with Gasteiger partial charge in [-0.3, -0.25) is 4.79 Å². The van der Waals surface area contributed by atoms with Crippen molar-refractivity contribution in [1.29, 1.82) is 0 Å². The van der Waals surface area contributed by atoms with E-state index >= 15 is 0 Å². The van der Waals surface area contributed by atoms with Gasteiger partial charge in [0.25, 0.3) is 5.91 Å². The topological polar surface area (TPSA) is 97.6 Å². The van der Waals surface area contributed by atoms with Gasteiger partial charge in [-0.2, -0.15) is 0 Å². The van der Waals surface area contributed by atoms with Gasteiger partial charge < -0.3 is 14.5 Å². The number of rotatable bonds is 9. The number of sulfonamides is 1. The largest absolute Gasteiger partial charge is 0.483 e. The van der Waals surface area contributed by atoms with Crippen molar-refractivity contribution in [2.24, 2.45) is 0 Å². The SMILES string of the molecule is CCc1ccc(OCC(=O)Nc2ccc(S(=O)(=O)NCc3ccco3)cc2)c(Br)c1. The molecule has 3 aromatic rings. The summed E-state index contributed by atoms with van der Waals surface area (Å²) in [6.07, 6.45) is 2.38. The molecular weight excluding hydrogens is 472 g/mol. The fourth-order valence-corrected chi connectivity index (χ4v) is 4.14. The zero-order valence-electron chi connectivity index (χ0n) is 16.2. The number of ether oxygens (including phenoxy) is 1. The van der Waals surface area contributed by atoms with Crippen LogP contribution in [-0.4, -0.2) is 20.9 Å². The first-order chi connectivity index (χ1) is 14.4. The third kappa shape index (κ3) is 5.94. The van der Waals surface area contributed by atoms with E-state index < -0.39 is 10.0 Å². The zero-order chi connectivity index (χ0) is 21.6. The molecule has 1 heterocycles. The van der Waals surface area contributed by atoms with E-state index in [0.29, 0.717) is 17.2 Å². The lowest BCUT2D eigenvalue weighted by Gasteiger charge is -2.10. The highest BCUT2D eigenvalue weighted by Crippen LogP contribution is 2.26. The second-order valence-electron chi connectivity index (χ2n) is 6.38. The molecule has 1 aromatic heterocycles. The number of carbonyl (C=O) groups is 1. The van der Waals surface area contributed by atoms with E-state index in [-0.39, 0.29) is 24.0 Å². The van der Waals surface area contributed by atoms with Gasteiger partial charge in [0.15, 0.2) is 6.61 Å². The van der Waals surface area contributed by atoms with Gasteiger partial charge in [-0.15, -0.1) is 0 Å². The van der Waals surface area contributed by atoms with Gasteiger partial charge in [0.2, 0.25) is 10.0 Å². The Bertz CT molecular complexity index is 1100. The van der Waals surface area contributed by atoms with Crippen molar-refractivity contribution in [3.05, 3.63) is 76.7 Å². The molecular formula is C21H21BrN2O5S. The Balaban J connectivity index is 1.54. The number of nitrogens with one attached hydrogen (secondary N) is 2. The number of carbonyl (C=O) groups excluding carboxylic acids is 1. The maximum Gasteiger partial charge on any atom is 0.262 e. The first-order valence-electron chi connectivity index (χ1n) is 9.20. The fourth-order valence-electron chi connectivity index (χ4n) is 2.60. The minimum atomic E-state index is -3.69. The molecule has 1 amide bonds. The second kappa shape index (κ2) is 9.92. The lowest BCUT2D eigenvalue weighted by molar-refractivity contribution is -0.118. The molecule has 0 aliphatic rings. The predicted molar refractivity (Wildman–Crippen MR) is 117 cm³/mol. The fraction of sp³-hybridized carbons (Fsp3) is 0.190. The van der Waals surface area contributed by atoms with E-state index in [4.69, 9.17) is 9.15 Å². The smallest absolute Gasteiger partial charge is 0.262 e. The maximum absolute atomic E-state index is 12.3. The number of hydrogen-bond acceptors (Lipinski definition) is 5. The lowest BCUT2D eigenvalue weighted by Crippen LogP contribution is -2.23. The van der Waals surface area contributed by atoms with Crippen LogP contribution in [-0.2, 0) is 27.8 Å². The summed E-state index contributed by atoms with van der Waals surface area (Å²) in [4.78, 5) is 12.2. The van der Waals surface area contributed by atoms with Crippen molar-refractivity contribution < 1.29 is 22.4 Å². The molecule has 0 saturated heterocycles. The maximum atomic E-state index is 12.3. The Labute approximate surface area is 183 Å². The van der Waals surface area contributed by atoms with E-state index in [0.717, 1.165) is 16.5 Å². The summed E-state index contributed by atoms with van der Waals surface area (Å²) < 4.78 is 38.6. The van der Waals surface area contributed by atoms with E-state index in [1.165, 1.54) is 30.5 Å². The quantitative estimate of drug-likeness (QED) is 0.468. The average Bonchev–Trinajstić information content (AvgIpc) is 3.25. The van der Waals surface area contributed by atoms with Gasteiger partial charge in [-0.25, -0.2) is 13.1 Å². The summed E-state index contributed by atoms with van der Waals surface area (Å²) in [5, 5.41) is 2.68. The van der Waals surface area contributed by atoms with Crippen LogP contribution in [0.5, 0.6) is 5.75 Å². The van der Waals surface area contributed by atoms with Crippen molar-refractivity contribution >= 4 is 37.5 Å². The Kier molecular flexibility index (Phi) is 7.30. The number of hydrogen-bond donors (Lipinski definition) is 2. The van der Waals surface area contributed by atoms with Crippen LogP contribution in [0, 0.1) is 0 Å². The summed E-state index contributed by atoms with van der Waals surface area (Å²) in [5.74, 6) is 0.734. The van der Waals surface area contributed by atoms with Gasteiger partial charge >= 0.3 is 0 Å². The van der Waals surface area contributed by atoms with E-state index in [9.17, 15) is 13.2 Å². The molecule has 2 N–H and O–H groups in total. The summed E-state index contributed by atoms with van der Waals surface area (Å²) in [6.45, 7) is 1.94. The van der Waals surface area contributed by atoms with Gasteiger partial charge in [-0.1, -0.05) is 13.0 Å². The van der Waals surface area contributed by atoms with Crippen molar-refractivity contribution in [3.63, 3.8) is 0 Å². The van der Waals surface area contributed by atoms with Crippen LogP contribution in [0.2, 0.25) is 0 Å². The van der Waals surface area contributed by atoms with Crippen molar-refractivity contribution in [3.8, 4) is 5.75 Å². The van der Waals surface area contributed by atoms with Crippen LogP contribution in [0.15, 0.2) is 74.6 Å². The van der Waals surface area contributed by atoms with Crippen LogP contribution in [0.25, 0.3) is 0 Å². The monoisotopic (exact) mass is 492 g/mol. The van der Waals surface area contributed by atoms with Gasteiger partial charge in [0, 0.05) is 5.69 Å². The summed E-state index contributed by atoms with van der Waals surface area (Å²) in [5.41, 5.74) is 1.63. The Hall–Kier alpha value is -2.62. The lowest BCUT2D eigenvalue weighted by atomic mass is 10.2. The van der Waals surface area contributed by atoms with Crippen LogP contribution in [0.1, 0.15) is 18.2 Å². The normalized spacial score (nSPS) is 11.3. The van der Waals surface area contributed by atoms with Crippen molar-refractivity contribution in [2.75, 3.05) is 11.9 Å². The molecule has 0 unspecified atom stereocenters. The molecule has 3 rings (SSSR count). The molecule has 0 aliphatic carbocycles. The molecule has 0 radical (unpaired) electrons. The standard InChI is InChI=1S/C21H21BrN2O5S/c1-2-15-5-10-20(19(22)12-15)29-14-21(25)24-16-6-8-18(9-7-16)30(26,27)23-13-17-4-3-11-28-17/h3-12,23H,2,13-14H2,1H3,(H,24,25). The van der Waals surface area contributed by atoms with Crippen molar-refractivity contribution in [1.82, 2.24) is 4.72 Å². The zero-order valence-corrected chi connectivity index (χ0v) is 18.6. The molecule has 9 heteroatoms. The Morgan fingerprint density at radius 3 is 2.53 bits per heavy atom. The molecule has 0 fully saturated rings. The number of amides is 1. The molecule has 2 aromatic carbocycles.